The number of hydrogen-bond donors (Lipinski definition) is 2. The van der Waals surface area contributed by atoms with Crippen LogP contribution in [0.5, 0.6) is 0 Å². The quantitative estimate of drug-likeness (QED) is 0.715. The zero-order valence-corrected chi connectivity index (χ0v) is 17.4. The molecule has 2 fully saturated rings. The first kappa shape index (κ1) is 20.7. The van der Waals surface area contributed by atoms with Crippen LogP contribution < -0.4 is 10.6 Å². The maximum Gasteiger partial charge on any atom is 0.220 e. The number of rotatable bonds is 6. The van der Waals surface area contributed by atoms with Gasteiger partial charge in [-0.25, -0.2) is 0 Å². The maximum absolute atomic E-state index is 12.6. The fraction of sp³-hybridized carbons (Fsp3) is 0.955. The van der Waals surface area contributed by atoms with Crippen molar-refractivity contribution < 1.29 is 4.79 Å². The number of amides is 1. The van der Waals surface area contributed by atoms with E-state index in [1.165, 1.54) is 51.4 Å². The summed E-state index contributed by atoms with van der Waals surface area (Å²) in [6.45, 7) is 13.7. The van der Waals surface area contributed by atoms with Crippen molar-refractivity contribution in [2.75, 3.05) is 13.1 Å². The lowest BCUT2D eigenvalue weighted by Crippen LogP contribution is -2.46. The van der Waals surface area contributed by atoms with Gasteiger partial charge in [-0.2, -0.15) is 0 Å². The monoisotopic (exact) mass is 350 g/mol. The Labute approximate surface area is 156 Å². The fourth-order valence-electron chi connectivity index (χ4n) is 5.25. The second kappa shape index (κ2) is 8.88. The SMILES string of the molecule is CCC1(CC)CNCC(CC(=O)NC2CCCC(CC(C)(C)C)C2)C1. The highest BCUT2D eigenvalue weighted by atomic mass is 16.1. The van der Waals surface area contributed by atoms with Crippen molar-refractivity contribution in [3.63, 3.8) is 0 Å². The van der Waals surface area contributed by atoms with Crippen molar-refractivity contribution in [3.05, 3.63) is 0 Å². The molecule has 3 atom stereocenters. The molecule has 1 aliphatic heterocycles. The average molecular weight is 351 g/mol. The van der Waals surface area contributed by atoms with E-state index < -0.39 is 0 Å². The molecule has 0 bridgehead atoms. The van der Waals surface area contributed by atoms with E-state index in [1.54, 1.807) is 0 Å². The third-order valence-corrected chi connectivity index (χ3v) is 6.68. The zero-order valence-electron chi connectivity index (χ0n) is 17.4. The van der Waals surface area contributed by atoms with Gasteiger partial charge in [-0.1, -0.05) is 47.5 Å². The van der Waals surface area contributed by atoms with Gasteiger partial charge in [-0.3, -0.25) is 4.79 Å². The minimum absolute atomic E-state index is 0.288. The Hall–Kier alpha value is -0.570. The Bertz CT molecular complexity index is 422. The van der Waals surface area contributed by atoms with E-state index in [4.69, 9.17) is 0 Å². The first-order chi connectivity index (χ1) is 11.8. The molecule has 0 aromatic rings. The van der Waals surface area contributed by atoms with E-state index in [2.05, 4.69) is 45.3 Å². The first-order valence-corrected chi connectivity index (χ1v) is 10.8. The summed E-state index contributed by atoms with van der Waals surface area (Å²) in [4.78, 5) is 12.6. The van der Waals surface area contributed by atoms with Crippen molar-refractivity contribution in [2.24, 2.45) is 22.7 Å². The molecule has 3 nitrogen and oxygen atoms in total. The zero-order chi connectivity index (χ0) is 18.5. The third kappa shape index (κ3) is 6.58. The van der Waals surface area contributed by atoms with Gasteiger partial charge >= 0.3 is 0 Å². The molecule has 3 heteroatoms. The topological polar surface area (TPSA) is 41.1 Å². The molecule has 0 aromatic carbocycles. The summed E-state index contributed by atoms with van der Waals surface area (Å²) in [6, 6.07) is 0.409. The minimum atomic E-state index is 0.288. The molecular weight excluding hydrogens is 308 g/mol. The van der Waals surface area contributed by atoms with Gasteiger partial charge in [0.25, 0.3) is 0 Å². The standard InChI is InChI=1S/C22H42N2O/c1-6-22(7-2)14-18(15-23-16-22)12-20(25)24-19-10-8-9-17(11-19)13-21(3,4)5/h17-19,23H,6-16H2,1-5H3,(H,24,25). The molecule has 0 radical (unpaired) electrons. The summed E-state index contributed by atoms with van der Waals surface area (Å²) >= 11 is 0. The number of nitrogens with one attached hydrogen (secondary N) is 2. The second-order valence-electron chi connectivity index (χ2n) is 10.2. The van der Waals surface area contributed by atoms with Crippen molar-refractivity contribution >= 4 is 5.91 Å². The molecule has 2 aliphatic rings. The molecule has 1 heterocycles. The maximum atomic E-state index is 12.6. The van der Waals surface area contributed by atoms with Gasteiger partial charge in [0.2, 0.25) is 5.91 Å². The van der Waals surface area contributed by atoms with Crippen LogP contribution >= 0.6 is 0 Å². The molecule has 1 amide bonds. The predicted molar refractivity (Wildman–Crippen MR) is 107 cm³/mol. The van der Waals surface area contributed by atoms with Gasteiger partial charge in [0.15, 0.2) is 0 Å². The Kier molecular flexibility index (Phi) is 7.37. The highest BCUT2D eigenvalue weighted by Crippen LogP contribution is 2.37. The van der Waals surface area contributed by atoms with Crippen LogP contribution in [-0.4, -0.2) is 25.0 Å². The van der Waals surface area contributed by atoms with Crippen LogP contribution in [0.25, 0.3) is 0 Å². The lowest BCUT2D eigenvalue weighted by Gasteiger charge is -2.40. The normalized spacial score (nSPS) is 30.0. The smallest absolute Gasteiger partial charge is 0.220 e. The lowest BCUT2D eigenvalue weighted by molar-refractivity contribution is -0.123. The van der Waals surface area contributed by atoms with Crippen LogP contribution in [0.2, 0.25) is 0 Å². The van der Waals surface area contributed by atoms with E-state index >= 15 is 0 Å². The Morgan fingerprint density at radius 1 is 1.16 bits per heavy atom. The number of carbonyl (C=O) groups is 1. The number of hydrogen-bond acceptors (Lipinski definition) is 2. The molecule has 1 saturated carbocycles. The van der Waals surface area contributed by atoms with Crippen LogP contribution in [0.1, 0.15) is 92.4 Å². The summed E-state index contributed by atoms with van der Waals surface area (Å²) in [5.41, 5.74) is 0.805. The molecule has 1 aliphatic carbocycles. The number of piperidine rings is 1. The molecule has 0 aromatic heterocycles. The number of carbonyl (C=O) groups excluding carboxylic acids is 1. The second-order valence-corrected chi connectivity index (χ2v) is 10.2. The van der Waals surface area contributed by atoms with Gasteiger partial charge < -0.3 is 10.6 Å². The van der Waals surface area contributed by atoms with Gasteiger partial charge in [0.1, 0.15) is 0 Å². The van der Waals surface area contributed by atoms with E-state index in [1.807, 2.05) is 0 Å². The summed E-state index contributed by atoms with van der Waals surface area (Å²) in [6.07, 6.45) is 10.6. The molecule has 25 heavy (non-hydrogen) atoms. The summed E-state index contributed by atoms with van der Waals surface area (Å²) in [7, 11) is 0. The van der Waals surface area contributed by atoms with Crippen LogP contribution in [-0.2, 0) is 4.79 Å². The fourth-order valence-corrected chi connectivity index (χ4v) is 5.25. The van der Waals surface area contributed by atoms with Crippen LogP contribution in [0.3, 0.4) is 0 Å². The lowest BCUT2D eigenvalue weighted by atomic mass is 9.71. The largest absolute Gasteiger partial charge is 0.353 e. The molecule has 0 spiro atoms. The van der Waals surface area contributed by atoms with E-state index in [9.17, 15) is 4.79 Å². The third-order valence-electron chi connectivity index (χ3n) is 6.68. The Morgan fingerprint density at radius 3 is 2.52 bits per heavy atom. The average Bonchev–Trinajstić information content (AvgIpc) is 2.53. The van der Waals surface area contributed by atoms with Crippen LogP contribution in [0, 0.1) is 22.7 Å². The first-order valence-electron chi connectivity index (χ1n) is 10.8. The predicted octanol–water partition coefficient (Wildman–Crippen LogP) is 4.90. The van der Waals surface area contributed by atoms with Crippen molar-refractivity contribution in [1.29, 1.82) is 0 Å². The summed E-state index contributed by atoms with van der Waals surface area (Å²) in [5, 5.41) is 6.97. The Morgan fingerprint density at radius 2 is 1.88 bits per heavy atom. The molecule has 146 valence electrons. The molecule has 3 unspecified atom stereocenters. The summed E-state index contributed by atoms with van der Waals surface area (Å²) in [5.74, 6) is 1.57. The van der Waals surface area contributed by atoms with Crippen LogP contribution in [0.4, 0.5) is 0 Å². The molecule has 2 rings (SSSR count). The molecule has 2 N–H and O–H groups in total. The van der Waals surface area contributed by atoms with Gasteiger partial charge in [-0.05, 0) is 67.7 Å². The van der Waals surface area contributed by atoms with Crippen molar-refractivity contribution in [3.8, 4) is 0 Å². The van der Waals surface area contributed by atoms with Crippen LogP contribution in [0.15, 0.2) is 0 Å². The minimum Gasteiger partial charge on any atom is -0.353 e. The highest BCUT2D eigenvalue weighted by molar-refractivity contribution is 5.76. The highest BCUT2D eigenvalue weighted by Gasteiger charge is 2.34. The van der Waals surface area contributed by atoms with Crippen molar-refractivity contribution in [1.82, 2.24) is 10.6 Å². The van der Waals surface area contributed by atoms with Gasteiger partial charge in [0.05, 0.1) is 0 Å². The van der Waals surface area contributed by atoms with E-state index in [0.29, 0.717) is 29.2 Å². The molecule has 1 saturated heterocycles. The van der Waals surface area contributed by atoms with Gasteiger partial charge in [0, 0.05) is 19.0 Å². The van der Waals surface area contributed by atoms with E-state index in [-0.39, 0.29) is 5.91 Å². The van der Waals surface area contributed by atoms with Gasteiger partial charge in [-0.15, -0.1) is 0 Å². The Balaban J connectivity index is 1.79. The van der Waals surface area contributed by atoms with Crippen molar-refractivity contribution in [2.45, 2.75) is 98.4 Å². The van der Waals surface area contributed by atoms with E-state index in [0.717, 1.165) is 19.0 Å². The molecular formula is C22H42N2O. The summed E-state index contributed by atoms with van der Waals surface area (Å²) < 4.78 is 0.